The summed E-state index contributed by atoms with van der Waals surface area (Å²) in [4.78, 5) is 22.2. The summed E-state index contributed by atoms with van der Waals surface area (Å²) in [6.07, 6.45) is 1.03. The number of nitrogens with two attached hydrogens (primary N) is 1. The molecule has 0 aliphatic carbocycles. The standard InChI is InChI=1S/C11H15N5O4/c12-11-14-9-8(10(19)15-11)13-4-16(9)6-3-20-7(2-18)5(6)1-17/h4-7,17-18H,1-3H2,(H3,12,14,15,19)/t5-,6+,7+/m0/s1. The Kier molecular flexibility index (Phi) is 3.16. The second kappa shape index (κ2) is 4.85. The first-order valence-electron chi connectivity index (χ1n) is 6.21. The molecule has 20 heavy (non-hydrogen) atoms. The lowest BCUT2D eigenvalue weighted by atomic mass is 9.98. The number of aromatic amines is 1. The fourth-order valence-electron chi connectivity index (χ4n) is 2.62. The van der Waals surface area contributed by atoms with Crippen LogP contribution in [0.25, 0.3) is 11.2 Å². The maximum absolute atomic E-state index is 11.7. The molecule has 108 valence electrons. The van der Waals surface area contributed by atoms with Crippen LogP contribution in [0.1, 0.15) is 6.04 Å². The van der Waals surface area contributed by atoms with E-state index >= 15 is 0 Å². The van der Waals surface area contributed by atoms with E-state index in [1.807, 2.05) is 0 Å². The third-order valence-electron chi connectivity index (χ3n) is 3.65. The number of hydrogen-bond donors (Lipinski definition) is 4. The number of H-pyrrole nitrogens is 1. The van der Waals surface area contributed by atoms with Crippen LogP contribution < -0.4 is 11.3 Å². The minimum atomic E-state index is -0.443. The monoisotopic (exact) mass is 281 g/mol. The lowest BCUT2D eigenvalue weighted by Crippen LogP contribution is -2.28. The number of nitrogens with zero attached hydrogens (tertiary/aromatic N) is 3. The molecule has 3 heterocycles. The largest absolute Gasteiger partial charge is 0.396 e. The van der Waals surface area contributed by atoms with E-state index in [9.17, 15) is 15.0 Å². The molecule has 0 unspecified atom stereocenters. The number of aromatic nitrogens is 4. The van der Waals surface area contributed by atoms with E-state index in [4.69, 9.17) is 10.5 Å². The highest BCUT2D eigenvalue weighted by Gasteiger charge is 2.38. The van der Waals surface area contributed by atoms with Gasteiger partial charge in [-0.25, -0.2) is 4.98 Å². The van der Waals surface area contributed by atoms with Gasteiger partial charge in [-0.2, -0.15) is 4.98 Å². The smallest absolute Gasteiger partial charge is 0.280 e. The molecule has 2 aromatic heterocycles. The van der Waals surface area contributed by atoms with Crippen LogP contribution in [0.15, 0.2) is 11.1 Å². The second-order valence-corrected chi connectivity index (χ2v) is 4.74. The Labute approximate surface area is 113 Å². The molecule has 5 N–H and O–H groups in total. The van der Waals surface area contributed by atoms with Gasteiger partial charge in [0.2, 0.25) is 5.95 Å². The zero-order valence-corrected chi connectivity index (χ0v) is 10.6. The first-order valence-corrected chi connectivity index (χ1v) is 6.21. The average Bonchev–Trinajstić information content (AvgIpc) is 3.00. The molecule has 0 bridgehead atoms. The average molecular weight is 281 g/mol. The van der Waals surface area contributed by atoms with Crippen molar-refractivity contribution >= 4 is 17.1 Å². The van der Waals surface area contributed by atoms with Gasteiger partial charge < -0.3 is 25.3 Å². The van der Waals surface area contributed by atoms with Gasteiger partial charge in [0.1, 0.15) is 0 Å². The Balaban J connectivity index is 2.09. The highest BCUT2D eigenvalue weighted by Crippen LogP contribution is 2.32. The van der Waals surface area contributed by atoms with Crippen LogP contribution in [0.2, 0.25) is 0 Å². The van der Waals surface area contributed by atoms with Gasteiger partial charge in [-0.15, -0.1) is 0 Å². The molecule has 0 radical (unpaired) electrons. The number of fused-ring (bicyclic) bond motifs is 1. The van der Waals surface area contributed by atoms with Crippen LogP contribution in [0.4, 0.5) is 5.95 Å². The highest BCUT2D eigenvalue weighted by atomic mass is 16.5. The van der Waals surface area contributed by atoms with Crippen molar-refractivity contribution in [2.75, 3.05) is 25.6 Å². The Bertz CT molecular complexity index is 681. The van der Waals surface area contributed by atoms with Crippen LogP contribution in [0, 0.1) is 5.92 Å². The molecule has 3 rings (SSSR count). The van der Waals surface area contributed by atoms with Crippen molar-refractivity contribution in [2.45, 2.75) is 12.1 Å². The van der Waals surface area contributed by atoms with Gasteiger partial charge in [-0.1, -0.05) is 0 Å². The Hall–Kier alpha value is -1.97. The van der Waals surface area contributed by atoms with Crippen LogP contribution >= 0.6 is 0 Å². The molecule has 1 saturated heterocycles. The van der Waals surface area contributed by atoms with Gasteiger partial charge in [-0.3, -0.25) is 9.78 Å². The number of aliphatic hydroxyl groups excluding tert-OH is 2. The van der Waals surface area contributed by atoms with Crippen molar-refractivity contribution in [3.8, 4) is 0 Å². The number of imidazole rings is 1. The van der Waals surface area contributed by atoms with Crippen molar-refractivity contribution < 1.29 is 14.9 Å². The summed E-state index contributed by atoms with van der Waals surface area (Å²) in [5.74, 6) is -0.290. The van der Waals surface area contributed by atoms with Crippen molar-refractivity contribution in [2.24, 2.45) is 5.92 Å². The van der Waals surface area contributed by atoms with Gasteiger partial charge in [0, 0.05) is 5.92 Å². The molecule has 1 aliphatic rings. The number of anilines is 1. The maximum Gasteiger partial charge on any atom is 0.280 e. The summed E-state index contributed by atoms with van der Waals surface area (Å²) in [7, 11) is 0. The summed E-state index contributed by atoms with van der Waals surface area (Å²) in [5.41, 5.74) is 5.66. The molecule has 3 atom stereocenters. The molecule has 0 aromatic carbocycles. The summed E-state index contributed by atoms with van der Waals surface area (Å²) >= 11 is 0. The molecule has 0 amide bonds. The van der Waals surface area contributed by atoms with E-state index in [0.29, 0.717) is 12.3 Å². The zero-order chi connectivity index (χ0) is 14.3. The van der Waals surface area contributed by atoms with Gasteiger partial charge in [0.05, 0.1) is 38.3 Å². The van der Waals surface area contributed by atoms with Crippen molar-refractivity contribution in [3.05, 3.63) is 16.7 Å². The SMILES string of the molecule is Nc1nc2c(ncn2[C@@H]2CO[C@H](CO)[C@H]2CO)c(=O)[nH]1. The third-order valence-corrected chi connectivity index (χ3v) is 3.65. The molecule has 2 aromatic rings. The lowest BCUT2D eigenvalue weighted by molar-refractivity contribution is 0.0268. The summed E-state index contributed by atoms with van der Waals surface area (Å²) < 4.78 is 7.11. The number of ether oxygens (including phenoxy) is 1. The number of nitrogens with one attached hydrogen (secondary N) is 1. The number of nitrogen functional groups attached to an aromatic ring is 1. The van der Waals surface area contributed by atoms with Crippen LogP contribution in [0.3, 0.4) is 0 Å². The normalized spacial score (nSPS) is 26.4. The Morgan fingerprint density at radius 2 is 2.30 bits per heavy atom. The van der Waals surface area contributed by atoms with Crippen molar-refractivity contribution in [3.63, 3.8) is 0 Å². The fourth-order valence-corrected chi connectivity index (χ4v) is 2.62. The highest BCUT2D eigenvalue weighted by molar-refractivity contribution is 5.70. The predicted octanol–water partition coefficient (Wildman–Crippen LogP) is -1.76. The van der Waals surface area contributed by atoms with E-state index in [1.165, 1.54) is 6.33 Å². The summed E-state index contributed by atoms with van der Waals surface area (Å²) in [6.45, 7) is -0.0188. The molecule has 9 nitrogen and oxygen atoms in total. The topological polar surface area (TPSA) is 139 Å². The second-order valence-electron chi connectivity index (χ2n) is 4.74. The van der Waals surface area contributed by atoms with Gasteiger partial charge >= 0.3 is 0 Å². The third kappa shape index (κ3) is 1.87. The predicted molar refractivity (Wildman–Crippen MR) is 69.0 cm³/mol. The number of hydrogen-bond acceptors (Lipinski definition) is 7. The fraction of sp³-hybridized carbons (Fsp3) is 0.545. The number of aliphatic hydroxyl groups is 2. The Morgan fingerprint density at radius 3 is 3.00 bits per heavy atom. The van der Waals surface area contributed by atoms with Crippen LogP contribution in [-0.2, 0) is 4.74 Å². The first-order chi connectivity index (χ1) is 9.65. The van der Waals surface area contributed by atoms with Crippen molar-refractivity contribution in [1.29, 1.82) is 0 Å². The van der Waals surface area contributed by atoms with Gasteiger partial charge in [0.25, 0.3) is 5.56 Å². The van der Waals surface area contributed by atoms with Crippen LogP contribution in [-0.4, -0.2) is 55.7 Å². The van der Waals surface area contributed by atoms with Crippen molar-refractivity contribution in [1.82, 2.24) is 19.5 Å². The van der Waals surface area contributed by atoms with Gasteiger partial charge in [-0.05, 0) is 0 Å². The lowest BCUT2D eigenvalue weighted by Gasteiger charge is -2.20. The zero-order valence-electron chi connectivity index (χ0n) is 10.6. The minimum absolute atomic E-state index is 0.00224. The molecular weight excluding hydrogens is 266 g/mol. The molecular formula is C11H15N5O4. The minimum Gasteiger partial charge on any atom is -0.396 e. The molecule has 9 heteroatoms. The molecule has 0 spiro atoms. The van der Waals surface area contributed by atoms with E-state index in [2.05, 4.69) is 15.0 Å². The van der Waals surface area contributed by atoms with E-state index in [0.717, 1.165) is 0 Å². The molecule has 0 saturated carbocycles. The molecule has 1 aliphatic heterocycles. The summed E-state index contributed by atoms with van der Waals surface area (Å²) in [6, 6.07) is -0.254. The summed E-state index contributed by atoms with van der Waals surface area (Å²) in [5, 5.41) is 18.7. The van der Waals surface area contributed by atoms with E-state index in [-0.39, 0.29) is 36.6 Å². The Morgan fingerprint density at radius 1 is 1.50 bits per heavy atom. The quantitative estimate of drug-likeness (QED) is 0.522. The van der Waals surface area contributed by atoms with Crippen LogP contribution in [0.5, 0.6) is 0 Å². The van der Waals surface area contributed by atoms with Gasteiger partial charge in [0.15, 0.2) is 11.2 Å². The first kappa shape index (κ1) is 13.0. The maximum atomic E-state index is 11.7. The van der Waals surface area contributed by atoms with E-state index < -0.39 is 11.7 Å². The van der Waals surface area contributed by atoms with E-state index in [1.54, 1.807) is 4.57 Å². The number of rotatable bonds is 3. The molecule has 1 fully saturated rings.